The molecule has 1 atom stereocenters. The Morgan fingerprint density at radius 1 is 1.07 bits per heavy atom. The van der Waals surface area contributed by atoms with Gasteiger partial charge in [-0.1, -0.05) is 24.3 Å². The van der Waals surface area contributed by atoms with Gasteiger partial charge in [0.1, 0.15) is 17.6 Å². The number of nitrogens with zero attached hydrogens (tertiary/aromatic N) is 1. The number of para-hydroxylation sites is 1. The molecule has 1 unspecified atom stereocenters. The van der Waals surface area contributed by atoms with E-state index in [4.69, 9.17) is 4.74 Å². The molecule has 6 heteroatoms. The van der Waals surface area contributed by atoms with E-state index in [-0.39, 0.29) is 11.3 Å². The van der Waals surface area contributed by atoms with Crippen LogP contribution in [0, 0.1) is 0 Å². The van der Waals surface area contributed by atoms with Crippen LogP contribution in [0.2, 0.25) is 0 Å². The molecule has 2 aromatic carbocycles. The highest BCUT2D eigenvalue weighted by atomic mass is 32.1. The molecule has 0 bridgehead atoms. The summed E-state index contributed by atoms with van der Waals surface area (Å²) in [4.78, 5) is 28.4. The molecule has 1 saturated heterocycles. The van der Waals surface area contributed by atoms with Crippen LogP contribution in [0.5, 0.6) is 5.75 Å². The van der Waals surface area contributed by atoms with Gasteiger partial charge < -0.3 is 9.84 Å². The number of thiophene rings is 1. The SMILES string of the molecule is O=C1C(=O)N(c2ccccc2)C(c2cccs2)/C1=C(/O)c1ccc2c(c1)CCCO2. The van der Waals surface area contributed by atoms with Gasteiger partial charge in [-0.15, -0.1) is 11.3 Å². The number of aliphatic hydroxyl groups is 1. The Kier molecular flexibility index (Phi) is 4.64. The summed E-state index contributed by atoms with van der Waals surface area (Å²) in [5.74, 6) is -0.665. The van der Waals surface area contributed by atoms with E-state index in [9.17, 15) is 14.7 Å². The van der Waals surface area contributed by atoms with Gasteiger partial charge in [0.2, 0.25) is 0 Å². The molecule has 1 amide bonds. The number of ether oxygens (including phenoxy) is 1. The van der Waals surface area contributed by atoms with Crippen molar-refractivity contribution in [3.63, 3.8) is 0 Å². The second kappa shape index (κ2) is 7.46. The van der Waals surface area contributed by atoms with Crippen molar-refractivity contribution >= 4 is 34.5 Å². The lowest BCUT2D eigenvalue weighted by Crippen LogP contribution is -2.29. The molecule has 3 heterocycles. The molecule has 2 aliphatic rings. The highest BCUT2D eigenvalue weighted by Crippen LogP contribution is 2.43. The van der Waals surface area contributed by atoms with Crippen LogP contribution in [-0.2, 0) is 16.0 Å². The molecule has 0 radical (unpaired) electrons. The Balaban J connectivity index is 1.67. The van der Waals surface area contributed by atoms with Crippen LogP contribution in [-0.4, -0.2) is 23.4 Å². The predicted molar refractivity (Wildman–Crippen MR) is 116 cm³/mol. The van der Waals surface area contributed by atoms with Crippen molar-refractivity contribution in [2.24, 2.45) is 0 Å². The van der Waals surface area contributed by atoms with E-state index >= 15 is 0 Å². The average molecular weight is 417 g/mol. The lowest BCUT2D eigenvalue weighted by Gasteiger charge is -2.24. The number of anilines is 1. The maximum Gasteiger partial charge on any atom is 0.300 e. The molecule has 30 heavy (non-hydrogen) atoms. The molecule has 1 N–H and O–H groups in total. The summed E-state index contributed by atoms with van der Waals surface area (Å²) < 4.78 is 5.65. The number of carbonyl (C=O) groups is 2. The van der Waals surface area contributed by atoms with Gasteiger partial charge in [0.25, 0.3) is 11.7 Å². The van der Waals surface area contributed by atoms with E-state index in [2.05, 4.69) is 0 Å². The monoisotopic (exact) mass is 417 g/mol. The van der Waals surface area contributed by atoms with E-state index < -0.39 is 17.7 Å². The zero-order chi connectivity index (χ0) is 20.7. The van der Waals surface area contributed by atoms with Crippen LogP contribution in [0.3, 0.4) is 0 Å². The number of aryl methyl sites for hydroxylation is 1. The second-order valence-electron chi connectivity index (χ2n) is 7.29. The molecule has 0 aliphatic carbocycles. The normalized spacial score (nSPS) is 20.1. The fourth-order valence-corrected chi connectivity index (χ4v) is 4.89. The van der Waals surface area contributed by atoms with Crippen molar-refractivity contribution in [2.45, 2.75) is 18.9 Å². The van der Waals surface area contributed by atoms with Crippen LogP contribution in [0.15, 0.2) is 71.6 Å². The van der Waals surface area contributed by atoms with Crippen molar-refractivity contribution < 1.29 is 19.4 Å². The van der Waals surface area contributed by atoms with Crippen LogP contribution in [0.4, 0.5) is 5.69 Å². The van der Waals surface area contributed by atoms with Crippen LogP contribution < -0.4 is 9.64 Å². The Morgan fingerprint density at radius 3 is 2.67 bits per heavy atom. The Morgan fingerprint density at radius 2 is 1.90 bits per heavy atom. The van der Waals surface area contributed by atoms with E-state index in [0.29, 0.717) is 17.9 Å². The lowest BCUT2D eigenvalue weighted by molar-refractivity contribution is -0.132. The van der Waals surface area contributed by atoms with Crippen LogP contribution in [0.1, 0.15) is 28.5 Å². The highest BCUT2D eigenvalue weighted by molar-refractivity contribution is 7.10. The third kappa shape index (κ3) is 3.00. The average Bonchev–Trinajstić information content (AvgIpc) is 3.40. The zero-order valence-electron chi connectivity index (χ0n) is 16.1. The quantitative estimate of drug-likeness (QED) is 0.381. The van der Waals surface area contributed by atoms with E-state index in [1.54, 1.807) is 18.2 Å². The molecule has 1 fully saturated rings. The number of hydrogen-bond acceptors (Lipinski definition) is 5. The number of ketones is 1. The molecule has 0 saturated carbocycles. The molecule has 150 valence electrons. The van der Waals surface area contributed by atoms with Gasteiger partial charge in [-0.2, -0.15) is 0 Å². The van der Waals surface area contributed by atoms with Crippen LogP contribution >= 0.6 is 11.3 Å². The van der Waals surface area contributed by atoms with Gasteiger partial charge in [-0.25, -0.2) is 0 Å². The summed E-state index contributed by atoms with van der Waals surface area (Å²) >= 11 is 1.45. The molecule has 2 aliphatic heterocycles. The highest BCUT2D eigenvalue weighted by Gasteiger charge is 2.47. The van der Waals surface area contributed by atoms with Gasteiger partial charge in [0, 0.05) is 16.1 Å². The third-order valence-corrected chi connectivity index (χ3v) is 6.40. The summed E-state index contributed by atoms with van der Waals surface area (Å²) in [6, 6.07) is 17.6. The van der Waals surface area contributed by atoms with Gasteiger partial charge in [-0.3, -0.25) is 14.5 Å². The number of hydrogen-bond donors (Lipinski definition) is 1. The first kappa shape index (κ1) is 18.6. The van der Waals surface area contributed by atoms with Crippen molar-refractivity contribution in [1.29, 1.82) is 0 Å². The first-order valence-electron chi connectivity index (χ1n) is 9.80. The van der Waals surface area contributed by atoms with Crippen molar-refractivity contribution in [3.05, 3.63) is 87.6 Å². The fourth-order valence-electron chi connectivity index (χ4n) is 4.07. The smallest absolute Gasteiger partial charge is 0.300 e. The minimum atomic E-state index is -0.677. The van der Waals surface area contributed by atoms with Crippen molar-refractivity contribution in [2.75, 3.05) is 11.5 Å². The van der Waals surface area contributed by atoms with Crippen LogP contribution in [0.25, 0.3) is 5.76 Å². The van der Waals surface area contributed by atoms with Crippen molar-refractivity contribution in [3.8, 4) is 5.75 Å². The minimum Gasteiger partial charge on any atom is -0.507 e. The number of amides is 1. The summed E-state index contributed by atoms with van der Waals surface area (Å²) in [5.41, 5.74) is 2.25. The summed E-state index contributed by atoms with van der Waals surface area (Å²) in [6.45, 7) is 0.679. The Bertz CT molecular complexity index is 1150. The standard InChI is InChI=1S/C24H19NO4S/c26-22(16-10-11-18-15(14-16)6-4-12-29-18)20-21(19-9-5-13-30-19)25(24(28)23(20)27)17-7-2-1-3-8-17/h1-3,5,7-11,13-14,21,26H,4,6,12H2/b22-20-. The Labute approximate surface area is 177 Å². The van der Waals surface area contributed by atoms with Gasteiger partial charge in [0.05, 0.1) is 12.2 Å². The molecule has 1 aromatic heterocycles. The van der Waals surface area contributed by atoms with Gasteiger partial charge in [0.15, 0.2) is 0 Å². The summed E-state index contributed by atoms with van der Waals surface area (Å²) in [5, 5.41) is 13.1. The van der Waals surface area contributed by atoms with Gasteiger partial charge in [-0.05, 0) is 60.2 Å². The number of carbonyl (C=O) groups excluding carboxylic acids is 2. The maximum absolute atomic E-state index is 13.1. The number of aliphatic hydroxyl groups excluding tert-OH is 1. The van der Waals surface area contributed by atoms with Crippen molar-refractivity contribution in [1.82, 2.24) is 0 Å². The Hall–Kier alpha value is -3.38. The van der Waals surface area contributed by atoms with E-state index in [1.807, 2.05) is 47.8 Å². The molecular formula is C24H19NO4S. The van der Waals surface area contributed by atoms with Gasteiger partial charge >= 0.3 is 0 Å². The molecule has 5 rings (SSSR count). The third-order valence-electron chi connectivity index (χ3n) is 5.47. The van der Waals surface area contributed by atoms with E-state index in [0.717, 1.165) is 29.0 Å². The lowest BCUT2D eigenvalue weighted by atomic mass is 9.97. The second-order valence-corrected chi connectivity index (χ2v) is 8.27. The number of benzene rings is 2. The summed E-state index contributed by atoms with van der Waals surface area (Å²) in [6.07, 6.45) is 1.76. The minimum absolute atomic E-state index is 0.114. The molecule has 0 spiro atoms. The number of fused-ring (bicyclic) bond motifs is 1. The maximum atomic E-state index is 13.1. The fraction of sp³-hybridized carbons (Fsp3) is 0.167. The first-order chi connectivity index (χ1) is 14.6. The number of Topliss-reactive ketones (excluding diaryl/α,β-unsaturated/α-hetero) is 1. The largest absolute Gasteiger partial charge is 0.507 e. The molecule has 3 aromatic rings. The topological polar surface area (TPSA) is 66.8 Å². The van der Waals surface area contributed by atoms with E-state index in [1.165, 1.54) is 16.2 Å². The summed E-state index contributed by atoms with van der Waals surface area (Å²) in [7, 11) is 0. The zero-order valence-corrected chi connectivity index (χ0v) is 16.9. The molecule has 5 nitrogen and oxygen atoms in total. The molecular weight excluding hydrogens is 398 g/mol. The first-order valence-corrected chi connectivity index (χ1v) is 10.7. The number of rotatable bonds is 3. The predicted octanol–water partition coefficient (Wildman–Crippen LogP) is 4.70.